The summed E-state index contributed by atoms with van der Waals surface area (Å²) in [6, 6.07) is 0. The lowest BCUT2D eigenvalue weighted by molar-refractivity contribution is 0.000873. The zero-order valence-corrected chi connectivity index (χ0v) is 6.78. The summed E-state index contributed by atoms with van der Waals surface area (Å²) in [5, 5.41) is 7.69. The van der Waals surface area contributed by atoms with Gasteiger partial charge in [-0.1, -0.05) is 13.8 Å². The molecule has 1 N–H and O–H groups in total. The molecule has 1 heteroatoms. The Balaban J connectivity index is 2.23. The topological polar surface area (TPSA) is 23.9 Å². The van der Waals surface area contributed by atoms with E-state index in [9.17, 15) is 0 Å². The number of hydrogen-bond donors (Lipinski definition) is 1. The van der Waals surface area contributed by atoms with Crippen LogP contribution in [-0.2, 0) is 0 Å². The van der Waals surface area contributed by atoms with Crippen LogP contribution in [0.1, 0.15) is 33.1 Å². The van der Waals surface area contributed by atoms with Gasteiger partial charge in [-0.25, -0.2) is 0 Å². The molecule has 0 amide bonds. The van der Waals surface area contributed by atoms with E-state index in [4.69, 9.17) is 5.41 Å². The smallest absolute Gasteiger partial charge is 0.0126 e. The van der Waals surface area contributed by atoms with Crippen molar-refractivity contribution < 1.29 is 0 Å². The van der Waals surface area contributed by atoms with Crippen molar-refractivity contribution in [3.63, 3.8) is 0 Å². The Kier molecular flexibility index (Phi) is 1.04. The highest BCUT2D eigenvalue weighted by Gasteiger charge is 2.52. The van der Waals surface area contributed by atoms with E-state index < -0.39 is 0 Å². The van der Waals surface area contributed by atoms with E-state index in [2.05, 4.69) is 13.8 Å². The molecular weight excluding hydrogens is 122 g/mol. The Morgan fingerprint density at radius 3 is 2.50 bits per heavy atom. The molecule has 0 heterocycles. The van der Waals surface area contributed by atoms with E-state index in [1.807, 2.05) is 0 Å². The van der Waals surface area contributed by atoms with Gasteiger partial charge in [0.1, 0.15) is 0 Å². The molecule has 2 bridgehead atoms. The quantitative estimate of drug-likeness (QED) is 0.530. The maximum Gasteiger partial charge on any atom is 0.0126 e. The molecule has 0 aromatic heterocycles. The van der Waals surface area contributed by atoms with Crippen LogP contribution in [0, 0.1) is 22.7 Å². The summed E-state index contributed by atoms with van der Waals surface area (Å²) < 4.78 is 0. The normalized spacial score (nSPS) is 42.8. The maximum absolute atomic E-state index is 7.69. The lowest BCUT2D eigenvalue weighted by Gasteiger charge is -2.56. The van der Waals surface area contributed by atoms with Crippen LogP contribution in [0.2, 0.25) is 0 Å². The Labute approximate surface area is 62.3 Å². The first-order valence-electron chi connectivity index (χ1n) is 4.19. The summed E-state index contributed by atoms with van der Waals surface area (Å²) in [7, 11) is 0. The van der Waals surface area contributed by atoms with Crippen molar-refractivity contribution in [2.24, 2.45) is 17.3 Å². The Morgan fingerprint density at radius 2 is 2.20 bits per heavy atom. The van der Waals surface area contributed by atoms with E-state index in [1.54, 1.807) is 0 Å². The second kappa shape index (κ2) is 1.63. The first-order valence-corrected chi connectivity index (χ1v) is 4.19. The molecule has 10 heavy (non-hydrogen) atoms. The highest BCUT2D eigenvalue weighted by atomic mass is 14.6. The summed E-state index contributed by atoms with van der Waals surface area (Å²) in [4.78, 5) is 0. The van der Waals surface area contributed by atoms with Crippen LogP contribution in [0.4, 0.5) is 0 Å². The van der Waals surface area contributed by atoms with Crippen molar-refractivity contribution in [2.75, 3.05) is 0 Å². The molecule has 0 aromatic carbocycles. The van der Waals surface area contributed by atoms with Gasteiger partial charge in [-0.3, -0.25) is 0 Å². The van der Waals surface area contributed by atoms with E-state index in [0.717, 1.165) is 18.1 Å². The minimum Gasteiger partial charge on any atom is -0.309 e. The van der Waals surface area contributed by atoms with Crippen molar-refractivity contribution in [1.29, 1.82) is 5.41 Å². The fourth-order valence-corrected chi connectivity index (χ4v) is 2.60. The third-order valence-corrected chi connectivity index (χ3v) is 3.65. The Bertz CT molecular complexity index is 179. The molecule has 0 aliphatic heterocycles. The molecule has 2 atom stereocenters. The summed E-state index contributed by atoms with van der Waals surface area (Å²) in [6.07, 6.45) is 3.67. The van der Waals surface area contributed by atoms with Gasteiger partial charge in [0.25, 0.3) is 0 Å². The molecule has 3 fully saturated rings. The highest BCUT2D eigenvalue weighted by Crippen LogP contribution is 2.57. The summed E-state index contributed by atoms with van der Waals surface area (Å²) in [5.74, 6) is 1.58. The highest BCUT2D eigenvalue weighted by molar-refractivity contribution is 5.87. The van der Waals surface area contributed by atoms with Crippen LogP contribution >= 0.6 is 0 Å². The van der Waals surface area contributed by atoms with E-state index in [1.165, 1.54) is 12.8 Å². The fraction of sp³-hybridized carbons (Fsp3) is 0.889. The van der Waals surface area contributed by atoms with Crippen LogP contribution in [0.5, 0.6) is 0 Å². The molecule has 3 rings (SSSR count). The lowest BCUT2D eigenvalue weighted by atomic mass is 9.48. The molecule has 0 saturated heterocycles. The van der Waals surface area contributed by atoms with Crippen LogP contribution in [0.15, 0.2) is 0 Å². The molecule has 0 spiro atoms. The predicted molar refractivity (Wildman–Crippen MR) is 42.3 cm³/mol. The maximum atomic E-state index is 7.69. The van der Waals surface area contributed by atoms with Crippen molar-refractivity contribution in [2.45, 2.75) is 33.1 Å². The van der Waals surface area contributed by atoms with Crippen molar-refractivity contribution in [3.05, 3.63) is 0 Å². The van der Waals surface area contributed by atoms with Gasteiger partial charge in [0, 0.05) is 11.6 Å². The Hall–Kier alpha value is -0.330. The van der Waals surface area contributed by atoms with E-state index in [-0.39, 0.29) is 0 Å². The molecule has 3 aliphatic rings. The molecule has 3 saturated carbocycles. The zero-order valence-electron chi connectivity index (χ0n) is 6.78. The van der Waals surface area contributed by atoms with Crippen LogP contribution < -0.4 is 0 Å². The van der Waals surface area contributed by atoms with Crippen LogP contribution in [-0.4, -0.2) is 5.71 Å². The summed E-state index contributed by atoms with van der Waals surface area (Å²) >= 11 is 0. The predicted octanol–water partition coefficient (Wildman–Crippen LogP) is 2.46. The van der Waals surface area contributed by atoms with Crippen molar-refractivity contribution >= 4 is 5.71 Å². The minimum absolute atomic E-state index is 0.481. The van der Waals surface area contributed by atoms with Gasteiger partial charge in [-0.15, -0.1) is 0 Å². The molecule has 2 unspecified atom stereocenters. The third-order valence-electron chi connectivity index (χ3n) is 3.65. The van der Waals surface area contributed by atoms with Gasteiger partial charge in [0.15, 0.2) is 0 Å². The first-order chi connectivity index (χ1) is 4.62. The van der Waals surface area contributed by atoms with Gasteiger partial charge < -0.3 is 5.41 Å². The Morgan fingerprint density at radius 1 is 1.50 bits per heavy atom. The molecular formula is C9H15N. The van der Waals surface area contributed by atoms with Gasteiger partial charge in [0.05, 0.1) is 0 Å². The average molecular weight is 137 g/mol. The molecule has 1 nitrogen and oxygen atoms in total. The standard InChI is InChI=1S/C9H15N/c1-9(2)6-3-4-8(10)7(9)5-6/h6-7,10H,3-5H2,1-2H3. The number of fused-ring (bicyclic) bond motifs is 2. The second-order valence-corrected chi connectivity index (χ2v) is 4.37. The second-order valence-electron chi connectivity index (χ2n) is 4.37. The summed E-state index contributed by atoms with van der Waals surface area (Å²) in [6.45, 7) is 4.64. The number of hydrogen-bond acceptors (Lipinski definition) is 1. The number of nitrogens with one attached hydrogen (secondary N) is 1. The van der Waals surface area contributed by atoms with Crippen LogP contribution in [0.3, 0.4) is 0 Å². The first kappa shape index (κ1) is 6.38. The zero-order chi connectivity index (χ0) is 7.35. The van der Waals surface area contributed by atoms with Gasteiger partial charge >= 0.3 is 0 Å². The van der Waals surface area contributed by atoms with Gasteiger partial charge in [0.2, 0.25) is 0 Å². The minimum atomic E-state index is 0.481. The van der Waals surface area contributed by atoms with Gasteiger partial charge in [-0.05, 0) is 30.6 Å². The molecule has 0 radical (unpaired) electrons. The number of rotatable bonds is 0. The lowest BCUT2D eigenvalue weighted by Crippen LogP contribution is -2.52. The van der Waals surface area contributed by atoms with E-state index in [0.29, 0.717) is 11.3 Å². The summed E-state index contributed by atoms with van der Waals surface area (Å²) in [5.41, 5.74) is 1.50. The molecule has 56 valence electrons. The third kappa shape index (κ3) is 0.561. The van der Waals surface area contributed by atoms with Crippen LogP contribution in [0.25, 0.3) is 0 Å². The monoisotopic (exact) mass is 137 g/mol. The van der Waals surface area contributed by atoms with Crippen molar-refractivity contribution in [3.8, 4) is 0 Å². The van der Waals surface area contributed by atoms with Gasteiger partial charge in [-0.2, -0.15) is 0 Å². The largest absolute Gasteiger partial charge is 0.309 e. The SMILES string of the molecule is CC1(C)C2CCC(=N)C1C2. The fourth-order valence-electron chi connectivity index (χ4n) is 2.60. The molecule has 3 aliphatic carbocycles. The average Bonchev–Trinajstić information content (AvgIpc) is 1.87. The molecule has 0 aromatic rings. The van der Waals surface area contributed by atoms with Crippen molar-refractivity contribution in [1.82, 2.24) is 0 Å². The van der Waals surface area contributed by atoms with E-state index >= 15 is 0 Å².